The van der Waals surface area contributed by atoms with E-state index in [2.05, 4.69) is 0 Å². The molecule has 1 amide bonds. The SMILES string of the molecule is CC(C)(C)OC(=O)N1C=CC(OB(O)O)CC1. The van der Waals surface area contributed by atoms with E-state index >= 15 is 0 Å². The third-order valence-electron chi connectivity index (χ3n) is 2.06. The molecular formula is C10H18BNO5. The van der Waals surface area contributed by atoms with Gasteiger partial charge in [-0.15, -0.1) is 0 Å². The van der Waals surface area contributed by atoms with Crippen LogP contribution in [0.25, 0.3) is 0 Å². The maximum absolute atomic E-state index is 11.7. The summed E-state index contributed by atoms with van der Waals surface area (Å²) in [5.74, 6) is 0. The Morgan fingerprint density at radius 1 is 1.47 bits per heavy atom. The Balaban J connectivity index is 2.47. The van der Waals surface area contributed by atoms with Crippen LogP contribution in [-0.2, 0) is 9.39 Å². The van der Waals surface area contributed by atoms with Crippen LogP contribution in [-0.4, -0.2) is 46.6 Å². The van der Waals surface area contributed by atoms with E-state index < -0.39 is 25.1 Å². The van der Waals surface area contributed by atoms with Crippen LogP contribution >= 0.6 is 0 Å². The van der Waals surface area contributed by atoms with Gasteiger partial charge in [0.25, 0.3) is 0 Å². The van der Waals surface area contributed by atoms with Crippen molar-refractivity contribution in [2.45, 2.75) is 38.9 Å². The van der Waals surface area contributed by atoms with Gasteiger partial charge in [-0.1, -0.05) is 0 Å². The van der Waals surface area contributed by atoms with Crippen LogP contribution in [0.5, 0.6) is 0 Å². The molecule has 1 unspecified atom stereocenters. The summed E-state index contributed by atoms with van der Waals surface area (Å²) < 4.78 is 9.96. The molecule has 1 aliphatic rings. The molecule has 0 saturated heterocycles. The van der Waals surface area contributed by atoms with Gasteiger partial charge >= 0.3 is 13.4 Å². The van der Waals surface area contributed by atoms with Crippen LogP contribution in [0.15, 0.2) is 12.3 Å². The Bertz CT molecular complexity index is 300. The van der Waals surface area contributed by atoms with Gasteiger partial charge in [-0.25, -0.2) is 4.79 Å². The molecule has 7 heteroatoms. The van der Waals surface area contributed by atoms with Crippen molar-refractivity contribution < 1.29 is 24.2 Å². The second kappa shape index (κ2) is 5.53. The maximum Gasteiger partial charge on any atom is 0.634 e. The average Bonchev–Trinajstić information content (AvgIpc) is 2.15. The average molecular weight is 243 g/mol. The fraction of sp³-hybridized carbons (Fsp3) is 0.700. The Hall–Kier alpha value is -1.05. The molecule has 1 heterocycles. The Morgan fingerprint density at radius 2 is 2.12 bits per heavy atom. The van der Waals surface area contributed by atoms with Crippen molar-refractivity contribution in [1.82, 2.24) is 4.90 Å². The highest BCUT2D eigenvalue weighted by Gasteiger charge is 2.25. The lowest BCUT2D eigenvalue weighted by Crippen LogP contribution is -2.38. The van der Waals surface area contributed by atoms with E-state index in [1.54, 1.807) is 26.8 Å². The first-order valence-electron chi connectivity index (χ1n) is 5.47. The molecule has 2 N–H and O–H groups in total. The van der Waals surface area contributed by atoms with Gasteiger partial charge in [0.1, 0.15) is 5.60 Å². The predicted octanol–water partition coefficient (Wildman–Crippen LogP) is 0.496. The molecule has 1 aliphatic heterocycles. The van der Waals surface area contributed by atoms with Gasteiger partial charge in [0, 0.05) is 12.7 Å². The molecule has 0 fully saturated rings. The van der Waals surface area contributed by atoms with Crippen molar-refractivity contribution in [3.05, 3.63) is 12.3 Å². The van der Waals surface area contributed by atoms with Gasteiger partial charge in [-0.2, -0.15) is 0 Å². The van der Waals surface area contributed by atoms with Gasteiger partial charge < -0.3 is 19.4 Å². The molecule has 0 aliphatic carbocycles. The first-order chi connectivity index (χ1) is 7.78. The van der Waals surface area contributed by atoms with Gasteiger partial charge in [0.2, 0.25) is 0 Å². The Morgan fingerprint density at radius 3 is 2.53 bits per heavy atom. The van der Waals surface area contributed by atoms with Crippen molar-refractivity contribution in [3.63, 3.8) is 0 Å². The van der Waals surface area contributed by atoms with E-state index in [1.165, 1.54) is 11.1 Å². The second-order valence-electron chi connectivity index (χ2n) is 4.80. The second-order valence-corrected chi connectivity index (χ2v) is 4.80. The van der Waals surface area contributed by atoms with Crippen molar-refractivity contribution in [2.75, 3.05) is 6.54 Å². The lowest BCUT2D eigenvalue weighted by Gasteiger charge is -2.29. The van der Waals surface area contributed by atoms with Gasteiger partial charge in [-0.3, -0.25) is 4.90 Å². The lowest BCUT2D eigenvalue weighted by atomic mass is 10.1. The Kier molecular flexibility index (Phi) is 4.56. The van der Waals surface area contributed by atoms with E-state index in [0.29, 0.717) is 13.0 Å². The van der Waals surface area contributed by atoms with E-state index in [-0.39, 0.29) is 0 Å². The molecule has 0 aromatic heterocycles. The molecule has 0 spiro atoms. The number of nitrogens with zero attached hydrogens (tertiary/aromatic N) is 1. The number of rotatable bonds is 2. The molecule has 0 aromatic rings. The maximum atomic E-state index is 11.7. The highest BCUT2D eigenvalue weighted by Crippen LogP contribution is 2.15. The molecular weight excluding hydrogens is 225 g/mol. The first kappa shape index (κ1) is 14.0. The van der Waals surface area contributed by atoms with Crippen molar-refractivity contribution in [1.29, 1.82) is 0 Å². The summed E-state index contributed by atoms with van der Waals surface area (Å²) in [7, 11) is -1.79. The van der Waals surface area contributed by atoms with E-state index in [4.69, 9.17) is 19.4 Å². The van der Waals surface area contributed by atoms with Crippen LogP contribution in [0.3, 0.4) is 0 Å². The topological polar surface area (TPSA) is 79.2 Å². The monoisotopic (exact) mass is 243 g/mol. The fourth-order valence-electron chi connectivity index (χ4n) is 1.38. The quantitative estimate of drug-likeness (QED) is 0.690. The molecule has 6 nitrogen and oxygen atoms in total. The van der Waals surface area contributed by atoms with E-state index in [1.807, 2.05) is 0 Å². The standard InChI is InChI=1S/C10H18BNO5/c1-10(2,3)16-9(13)12-6-4-8(5-7-12)17-11(14)15/h4,6,8,14-15H,5,7H2,1-3H3. The minimum atomic E-state index is -1.79. The lowest BCUT2D eigenvalue weighted by molar-refractivity contribution is 0.0296. The number of carbonyl (C=O) groups excluding carboxylic acids is 1. The van der Waals surface area contributed by atoms with E-state index in [0.717, 1.165) is 0 Å². The Labute approximate surface area is 101 Å². The highest BCUT2D eigenvalue weighted by atomic mass is 16.6. The number of ether oxygens (including phenoxy) is 1. The third-order valence-corrected chi connectivity index (χ3v) is 2.06. The molecule has 0 saturated carbocycles. The molecule has 0 radical (unpaired) electrons. The van der Waals surface area contributed by atoms with Gasteiger partial charge in [0.05, 0.1) is 6.10 Å². The number of hydrogen-bond acceptors (Lipinski definition) is 5. The molecule has 1 rings (SSSR count). The summed E-state index contributed by atoms with van der Waals surface area (Å²) in [6.07, 6.45) is 2.80. The first-order valence-corrected chi connectivity index (χ1v) is 5.47. The smallest absolute Gasteiger partial charge is 0.443 e. The number of amides is 1. The van der Waals surface area contributed by atoms with Crippen LogP contribution in [0.4, 0.5) is 4.79 Å². The summed E-state index contributed by atoms with van der Waals surface area (Å²) in [6, 6.07) is 0. The molecule has 96 valence electrons. The van der Waals surface area contributed by atoms with Gasteiger partial charge in [-0.05, 0) is 33.3 Å². The number of carbonyl (C=O) groups is 1. The molecule has 0 aromatic carbocycles. The third kappa shape index (κ3) is 5.21. The number of hydrogen-bond donors (Lipinski definition) is 2. The van der Waals surface area contributed by atoms with Crippen LogP contribution in [0.2, 0.25) is 0 Å². The summed E-state index contributed by atoms with van der Waals surface area (Å²) in [6.45, 7) is 5.81. The fourth-order valence-corrected chi connectivity index (χ4v) is 1.38. The molecule has 0 bridgehead atoms. The minimum absolute atomic E-state index is 0.395. The summed E-state index contributed by atoms with van der Waals surface area (Å²) >= 11 is 0. The van der Waals surface area contributed by atoms with Crippen LogP contribution in [0.1, 0.15) is 27.2 Å². The van der Waals surface area contributed by atoms with Crippen molar-refractivity contribution >= 4 is 13.4 Å². The largest absolute Gasteiger partial charge is 0.634 e. The van der Waals surface area contributed by atoms with Crippen LogP contribution < -0.4 is 0 Å². The zero-order chi connectivity index (χ0) is 13.1. The predicted molar refractivity (Wildman–Crippen MR) is 61.8 cm³/mol. The summed E-state index contributed by atoms with van der Waals surface area (Å²) in [5.41, 5.74) is -0.528. The van der Waals surface area contributed by atoms with Crippen molar-refractivity contribution in [2.24, 2.45) is 0 Å². The molecule has 17 heavy (non-hydrogen) atoms. The molecule has 1 atom stereocenters. The van der Waals surface area contributed by atoms with Gasteiger partial charge in [0.15, 0.2) is 0 Å². The highest BCUT2D eigenvalue weighted by molar-refractivity contribution is 6.32. The zero-order valence-corrected chi connectivity index (χ0v) is 10.3. The zero-order valence-electron chi connectivity index (χ0n) is 10.3. The minimum Gasteiger partial charge on any atom is -0.443 e. The van der Waals surface area contributed by atoms with E-state index in [9.17, 15) is 4.79 Å². The van der Waals surface area contributed by atoms with Crippen LogP contribution in [0, 0.1) is 0 Å². The summed E-state index contributed by atoms with van der Waals surface area (Å²) in [5, 5.41) is 17.3. The van der Waals surface area contributed by atoms with Crippen molar-refractivity contribution in [3.8, 4) is 0 Å². The summed E-state index contributed by atoms with van der Waals surface area (Å²) in [4.78, 5) is 13.1. The normalized spacial score (nSPS) is 20.3.